The van der Waals surface area contributed by atoms with E-state index < -0.39 is 46.7 Å². The van der Waals surface area contributed by atoms with Gasteiger partial charge in [-0.1, -0.05) is 188 Å². The maximum Gasteiger partial charge on any atom is 0.416 e. The first-order chi connectivity index (χ1) is 62.7. The second-order valence-electron chi connectivity index (χ2n) is 29.4. The van der Waals surface area contributed by atoms with Crippen LogP contribution >= 0.6 is 0 Å². The minimum Gasteiger partial charge on any atom is -0.497 e. The van der Waals surface area contributed by atoms with Gasteiger partial charge >= 0.3 is 6.18 Å². The number of methoxy groups -OCH3 is 2. The van der Waals surface area contributed by atoms with Crippen LogP contribution in [0.4, 0.5) is 69.5 Å². The van der Waals surface area contributed by atoms with E-state index >= 15 is 0 Å². The van der Waals surface area contributed by atoms with E-state index in [-0.39, 0.29) is 53.7 Å². The summed E-state index contributed by atoms with van der Waals surface area (Å²) in [6.45, 7) is 13.4. The molecule has 32 heteroatoms. The Balaban J connectivity index is 0.000000148. The monoisotopic (exact) mass is 1750 g/mol. The van der Waals surface area contributed by atoms with Gasteiger partial charge in [0.15, 0.2) is 0 Å². The number of aryl methyl sites for hydroxylation is 4. The Morgan fingerprint density at radius 3 is 0.838 bits per heavy atom. The molecular weight excluding hydrogens is 1660 g/mol. The van der Waals surface area contributed by atoms with Gasteiger partial charge in [-0.3, -0.25) is 50.6 Å². The first kappa shape index (κ1) is 90.9. The van der Waals surface area contributed by atoms with E-state index in [4.69, 9.17) is 9.47 Å². The number of nitrogens with one attached hydrogen (secondary N) is 8. The van der Waals surface area contributed by atoms with Gasteiger partial charge in [-0.05, 0) is 209 Å². The topological polar surface area (TPSA) is 323 Å². The molecule has 0 radical (unpaired) electrons. The number of nitrogens with zero attached hydrogens (tertiary/aromatic N) is 12. The second-order valence-corrected chi connectivity index (χ2v) is 29.4. The van der Waals surface area contributed by atoms with Gasteiger partial charge in [0.2, 0.25) is 41.6 Å². The third-order valence-electron chi connectivity index (χ3n) is 20.3. The average Bonchev–Trinajstić information content (AvgIpc) is 1.67. The van der Waals surface area contributed by atoms with Crippen LogP contribution in [0.25, 0.3) is 22.7 Å². The summed E-state index contributed by atoms with van der Waals surface area (Å²) in [6, 6.07) is 89.6. The molecule has 27 nitrogen and oxygen atoms in total. The van der Waals surface area contributed by atoms with Crippen LogP contribution in [-0.4, -0.2) is 103 Å². The van der Waals surface area contributed by atoms with Gasteiger partial charge in [0.1, 0.15) is 28.7 Å². The Hall–Kier alpha value is -16.8. The molecule has 0 unspecified atom stereocenters. The van der Waals surface area contributed by atoms with Gasteiger partial charge < -0.3 is 25.4 Å². The molecular formula is C98H89F5N20O7. The molecule has 0 saturated carbocycles. The van der Waals surface area contributed by atoms with E-state index in [9.17, 15) is 45.9 Å². The number of amides is 5. The number of aromatic nitrogens is 12. The number of ether oxygens (including phenoxy) is 2. The van der Waals surface area contributed by atoms with Gasteiger partial charge in [0, 0.05) is 22.3 Å². The standard InChI is InChI=1S/C25H22F3N5O.2C25H25N5O2.C23H17F2N5O2/c1-16-8-6-7-11-21(16)22(34)30-24-31-23(29-17(2)18-9-4-3-5-10-18)32-33(24)20-14-12-19(13-15-20)25(26,27)28;2*1-17-9-7-8-12-22(17)23(31)27-25-28-24(26-18(2)19-10-5-4-6-11-19)29-30(25)20-13-15-21(32-3)16-14-20;1-14-8-5-6-11-16(14)20(31)27-23-28-22(29-30(23)15-9-3-2-4-10-15)26-21(32)19-17(24)12-7-13-18(19)25/h3-15,17H,1-2H3,(H2,29,30,31,32,34);2*4-16,18H,1-3H3,(H2,26,27,28,29,31);2-13H,1H3,(H2,26,27,28,29,31,32)/t17-;2*18-;/m010./s1. The molecule has 0 fully saturated rings. The summed E-state index contributed by atoms with van der Waals surface area (Å²) in [5.41, 5.74) is 9.43. The Kier molecular flexibility index (Phi) is 29.6. The van der Waals surface area contributed by atoms with Crippen LogP contribution in [0.15, 0.2) is 309 Å². The zero-order chi connectivity index (χ0) is 92.0. The van der Waals surface area contributed by atoms with E-state index in [0.29, 0.717) is 57.4 Å². The molecule has 8 N–H and O–H groups in total. The van der Waals surface area contributed by atoms with Crippen LogP contribution in [0.5, 0.6) is 11.5 Å². The summed E-state index contributed by atoms with van der Waals surface area (Å²) in [6.07, 6.45) is -4.46. The highest BCUT2D eigenvalue weighted by Crippen LogP contribution is 2.33. The highest BCUT2D eigenvalue weighted by Gasteiger charge is 2.31. The fourth-order valence-corrected chi connectivity index (χ4v) is 13.3. The predicted octanol–water partition coefficient (Wildman–Crippen LogP) is 20.4. The summed E-state index contributed by atoms with van der Waals surface area (Å²) < 4.78 is 83.2. The lowest BCUT2D eigenvalue weighted by atomic mass is 10.1. The molecule has 130 heavy (non-hydrogen) atoms. The molecule has 0 aliphatic carbocycles. The van der Waals surface area contributed by atoms with Crippen LogP contribution in [0.1, 0.15) is 135 Å². The molecule has 16 aromatic rings. The lowest BCUT2D eigenvalue weighted by Gasteiger charge is -2.12. The zero-order valence-corrected chi connectivity index (χ0v) is 71.8. The predicted molar refractivity (Wildman–Crippen MR) is 490 cm³/mol. The van der Waals surface area contributed by atoms with Gasteiger partial charge in [-0.2, -0.15) is 51.8 Å². The third-order valence-corrected chi connectivity index (χ3v) is 20.3. The first-order valence-electron chi connectivity index (χ1n) is 40.8. The average molecular weight is 1750 g/mol. The van der Waals surface area contributed by atoms with Crippen LogP contribution in [0, 0.1) is 39.3 Å². The molecule has 16 rings (SSSR count). The Morgan fingerprint density at radius 2 is 0.554 bits per heavy atom. The van der Waals surface area contributed by atoms with Crippen molar-refractivity contribution >= 4 is 77.1 Å². The number of hydrogen-bond donors (Lipinski definition) is 8. The van der Waals surface area contributed by atoms with Gasteiger partial charge in [0.05, 0.1) is 60.7 Å². The maximum atomic E-state index is 13.9. The van der Waals surface area contributed by atoms with E-state index in [0.717, 1.165) is 92.1 Å². The van der Waals surface area contributed by atoms with Crippen LogP contribution in [0.3, 0.4) is 0 Å². The van der Waals surface area contributed by atoms with Crippen molar-refractivity contribution in [3.63, 3.8) is 0 Å². The number of benzene rings is 12. The van der Waals surface area contributed by atoms with Crippen molar-refractivity contribution in [2.24, 2.45) is 0 Å². The molecule has 0 bridgehead atoms. The summed E-state index contributed by atoms with van der Waals surface area (Å²) in [4.78, 5) is 81.7. The quantitative estimate of drug-likeness (QED) is 0.0246. The molecule has 0 aliphatic rings. The third kappa shape index (κ3) is 23.2. The summed E-state index contributed by atoms with van der Waals surface area (Å²) in [5, 5.41) is 41.1. The summed E-state index contributed by atoms with van der Waals surface area (Å²) in [5.74, 6) is -1.37. The first-order valence-corrected chi connectivity index (χ1v) is 40.8. The SMILES string of the molecule is COc1ccc(-n2nc(N[C@@H](C)c3ccccc3)nc2NC(=O)c2ccccc2C)cc1.COc1ccc(-n2nc(N[C@H](C)c3ccccc3)nc2NC(=O)c2ccccc2C)cc1.Cc1ccccc1C(=O)Nc1nc(NC(=O)c2c(F)cccc2F)nn1-c1ccccc1.Cc1ccccc1C(=O)Nc1nc(N[C@@H](C)c2ccccc2)nn1-c1ccc(C(F)(F)F)cc1. The van der Waals surface area contributed by atoms with Crippen molar-refractivity contribution in [1.29, 1.82) is 0 Å². The van der Waals surface area contributed by atoms with E-state index in [1.807, 2.05) is 236 Å². The number of carbonyl (C=O) groups is 5. The number of para-hydroxylation sites is 1. The second kappa shape index (κ2) is 42.3. The van der Waals surface area contributed by atoms with Crippen molar-refractivity contribution < 1.29 is 55.4 Å². The zero-order valence-electron chi connectivity index (χ0n) is 71.8. The Labute approximate surface area is 744 Å². The molecule has 4 aromatic heterocycles. The number of hydrogen-bond acceptors (Lipinski definition) is 18. The lowest BCUT2D eigenvalue weighted by molar-refractivity contribution is -0.137. The van der Waals surface area contributed by atoms with E-state index in [2.05, 4.69) is 82.9 Å². The van der Waals surface area contributed by atoms with Crippen molar-refractivity contribution in [3.05, 3.63) is 393 Å². The molecule has 0 aliphatic heterocycles. The largest absolute Gasteiger partial charge is 0.497 e. The highest BCUT2D eigenvalue weighted by molar-refractivity contribution is 6.07. The Bertz CT molecular complexity index is 6370. The van der Waals surface area contributed by atoms with E-state index in [1.165, 1.54) is 21.5 Å². The molecule has 0 spiro atoms. The smallest absolute Gasteiger partial charge is 0.416 e. The Morgan fingerprint density at radius 1 is 0.300 bits per heavy atom. The van der Waals surface area contributed by atoms with Crippen molar-refractivity contribution in [3.8, 4) is 34.2 Å². The maximum absolute atomic E-state index is 13.9. The van der Waals surface area contributed by atoms with Crippen LogP contribution < -0.4 is 52.0 Å². The molecule has 658 valence electrons. The van der Waals surface area contributed by atoms with Crippen molar-refractivity contribution in [1.82, 2.24) is 59.1 Å². The number of halogens is 5. The van der Waals surface area contributed by atoms with Gasteiger partial charge in [0.25, 0.3) is 35.5 Å². The van der Waals surface area contributed by atoms with Gasteiger partial charge in [-0.25, -0.2) is 8.78 Å². The van der Waals surface area contributed by atoms with Crippen LogP contribution in [0.2, 0.25) is 0 Å². The molecule has 4 heterocycles. The van der Waals surface area contributed by atoms with Crippen molar-refractivity contribution in [2.75, 3.05) is 56.8 Å². The normalized spacial score (nSPS) is 11.5. The molecule has 0 saturated heterocycles. The lowest BCUT2D eigenvalue weighted by Crippen LogP contribution is -2.17. The fourth-order valence-electron chi connectivity index (χ4n) is 13.3. The number of rotatable bonds is 25. The highest BCUT2D eigenvalue weighted by atomic mass is 19.4. The number of alkyl halides is 3. The van der Waals surface area contributed by atoms with Gasteiger partial charge in [-0.15, -0.1) is 20.4 Å². The minimum absolute atomic E-state index is 0.0113. The fraction of sp³-hybridized carbons (Fsp3) is 0.133. The number of anilines is 8. The summed E-state index contributed by atoms with van der Waals surface area (Å²) >= 11 is 0. The number of carbonyl (C=O) groups excluding carboxylic acids is 5. The van der Waals surface area contributed by atoms with E-state index in [1.54, 1.807) is 103 Å². The van der Waals surface area contributed by atoms with Crippen molar-refractivity contribution in [2.45, 2.75) is 72.8 Å². The van der Waals surface area contributed by atoms with Crippen LogP contribution in [-0.2, 0) is 6.18 Å². The molecule has 12 aromatic carbocycles. The molecule has 3 atom stereocenters. The molecule has 5 amide bonds. The summed E-state index contributed by atoms with van der Waals surface area (Å²) in [7, 11) is 3.23. The minimum atomic E-state index is -4.46.